The van der Waals surface area contributed by atoms with Gasteiger partial charge in [0.15, 0.2) is 0 Å². The number of hydrogen-bond donors (Lipinski definition) is 1. The van der Waals surface area contributed by atoms with Crippen LogP contribution in [0.15, 0.2) is 24.3 Å². The average Bonchev–Trinajstić information content (AvgIpc) is 2.94. The number of hydrogen-bond acceptors (Lipinski definition) is 3. The smallest absolute Gasteiger partial charge is 0.123 e. The molecule has 0 aromatic heterocycles. The summed E-state index contributed by atoms with van der Waals surface area (Å²) in [6, 6.07) is 8.28. The van der Waals surface area contributed by atoms with Crippen molar-refractivity contribution in [1.29, 1.82) is 0 Å². The third kappa shape index (κ3) is 4.84. The largest absolute Gasteiger partial charge is 0.493 e. The lowest BCUT2D eigenvalue weighted by molar-refractivity contribution is 0.110. The van der Waals surface area contributed by atoms with Crippen LogP contribution >= 0.6 is 0 Å². The van der Waals surface area contributed by atoms with E-state index in [1.165, 1.54) is 24.8 Å². The maximum atomic E-state index is 5.83. The molecule has 0 bridgehead atoms. The van der Waals surface area contributed by atoms with Crippen LogP contribution in [0.4, 0.5) is 0 Å². The molecule has 1 heterocycles. The molecule has 1 fully saturated rings. The third-order valence-electron chi connectivity index (χ3n) is 3.44. The highest BCUT2D eigenvalue weighted by molar-refractivity contribution is 5.33. The summed E-state index contributed by atoms with van der Waals surface area (Å²) in [5.74, 6) is 1.01. The molecule has 0 radical (unpaired) electrons. The van der Waals surface area contributed by atoms with E-state index in [9.17, 15) is 0 Å². The van der Waals surface area contributed by atoms with Crippen molar-refractivity contribution in [1.82, 2.24) is 5.32 Å². The van der Waals surface area contributed by atoms with Gasteiger partial charge in [0.1, 0.15) is 5.75 Å². The van der Waals surface area contributed by atoms with Crippen LogP contribution in [0.5, 0.6) is 5.75 Å². The number of benzene rings is 1. The van der Waals surface area contributed by atoms with E-state index in [0.717, 1.165) is 38.5 Å². The Balaban J connectivity index is 1.77. The molecule has 1 aliphatic heterocycles. The zero-order chi connectivity index (χ0) is 13.3. The predicted octanol–water partition coefficient (Wildman–Crippen LogP) is 3.13. The zero-order valence-corrected chi connectivity index (χ0v) is 11.9. The molecule has 19 heavy (non-hydrogen) atoms. The molecule has 1 aliphatic rings. The van der Waals surface area contributed by atoms with Crippen molar-refractivity contribution < 1.29 is 9.47 Å². The van der Waals surface area contributed by atoms with E-state index in [-0.39, 0.29) is 0 Å². The first kappa shape index (κ1) is 14.4. The normalized spacial score (nSPS) is 18.7. The third-order valence-corrected chi connectivity index (χ3v) is 3.44. The summed E-state index contributed by atoms with van der Waals surface area (Å²) in [6.45, 7) is 5.69. The minimum absolute atomic E-state index is 0.396. The van der Waals surface area contributed by atoms with E-state index < -0.39 is 0 Å². The van der Waals surface area contributed by atoms with E-state index in [4.69, 9.17) is 9.47 Å². The van der Waals surface area contributed by atoms with Gasteiger partial charge in [-0.05, 0) is 25.3 Å². The predicted molar refractivity (Wildman–Crippen MR) is 77.5 cm³/mol. The minimum atomic E-state index is 0.396. The fourth-order valence-electron chi connectivity index (χ4n) is 2.29. The van der Waals surface area contributed by atoms with Crippen LogP contribution in [-0.4, -0.2) is 25.9 Å². The number of unbranched alkanes of at least 4 members (excludes halogenated alkanes) is 1. The van der Waals surface area contributed by atoms with Crippen molar-refractivity contribution in [3.05, 3.63) is 29.8 Å². The van der Waals surface area contributed by atoms with Crippen LogP contribution in [0.2, 0.25) is 0 Å². The highest BCUT2D eigenvalue weighted by atomic mass is 16.5. The molecule has 1 saturated heterocycles. The van der Waals surface area contributed by atoms with E-state index in [1.54, 1.807) is 0 Å². The van der Waals surface area contributed by atoms with Crippen molar-refractivity contribution in [2.24, 2.45) is 0 Å². The number of ether oxygens (including phenoxy) is 2. The molecule has 3 heteroatoms. The van der Waals surface area contributed by atoms with Gasteiger partial charge in [0, 0.05) is 25.3 Å². The molecule has 0 spiro atoms. The van der Waals surface area contributed by atoms with Gasteiger partial charge < -0.3 is 14.8 Å². The molecule has 0 unspecified atom stereocenters. The monoisotopic (exact) mass is 263 g/mol. The number of rotatable bonds is 8. The Labute approximate surface area is 116 Å². The molecule has 0 saturated carbocycles. The van der Waals surface area contributed by atoms with Crippen molar-refractivity contribution >= 4 is 0 Å². The number of para-hydroxylation sites is 1. The molecule has 1 N–H and O–H groups in total. The first-order valence-electron chi connectivity index (χ1n) is 7.43. The van der Waals surface area contributed by atoms with E-state index in [0.29, 0.717) is 6.10 Å². The van der Waals surface area contributed by atoms with Gasteiger partial charge in [-0.15, -0.1) is 0 Å². The van der Waals surface area contributed by atoms with Gasteiger partial charge in [-0.25, -0.2) is 0 Å². The summed E-state index contributed by atoms with van der Waals surface area (Å²) in [5, 5.41) is 3.47. The molecule has 1 atom stereocenters. The van der Waals surface area contributed by atoms with Crippen LogP contribution in [0, 0.1) is 0 Å². The molecular weight excluding hydrogens is 238 g/mol. The molecule has 1 aromatic carbocycles. The Bertz CT molecular complexity index is 362. The second-order valence-corrected chi connectivity index (χ2v) is 5.08. The quantitative estimate of drug-likeness (QED) is 0.731. The lowest BCUT2D eigenvalue weighted by Gasteiger charge is -2.14. The molecule has 0 aliphatic carbocycles. The lowest BCUT2D eigenvalue weighted by atomic mass is 10.2. The van der Waals surface area contributed by atoms with E-state index >= 15 is 0 Å². The minimum Gasteiger partial charge on any atom is -0.493 e. The summed E-state index contributed by atoms with van der Waals surface area (Å²) in [7, 11) is 0. The van der Waals surface area contributed by atoms with Gasteiger partial charge in [0.25, 0.3) is 0 Å². The van der Waals surface area contributed by atoms with Crippen LogP contribution < -0.4 is 10.1 Å². The summed E-state index contributed by atoms with van der Waals surface area (Å²) < 4.78 is 11.4. The van der Waals surface area contributed by atoms with Crippen LogP contribution in [-0.2, 0) is 11.3 Å². The second kappa shape index (κ2) is 8.18. The Morgan fingerprint density at radius 1 is 1.37 bits per heavy atom. The molecular formula is C16H25NO2. The summed E-state index contributed by atoms with van der Waals surface area (Å²) >= 11 is 0. The van der Waals surface area contributed by atoms with Gasteiger partial charge in [-0.3, -0.25) is 0 Å². The van der Waals surface area contributed by atoms with Crippen molar-refractivity contribution in [2.45, 2.75) is 45.3 Å². The van der Waals surface area contributed by atoms with Crippen LogP contribution in [0.25, 0.3) is 0 Å². The average molecular weight is 263 g/mol. The molecule has 2 rings (SSSR count). The van der Waals surface area contributed by atoms with E-state index in [2.05, 4.69) is 30.4 Å². The molecule has 106 valence electrons. The SMILES string of the molecule is CCCCOc1ccccc1CNC[C@@H]1CCCO1. The second-order valence-electron chi connectivity index (χ2n) is 5.08. The van der Waals surface area contributed by atoms with Gasteiger partial charge >= 0.3 is 0 Å². The van der Waals surface area contributed by atoms with Crippen molar-refractivity contribution in [3.63, 3.8) is 0 Å². The molecule has 3 nitrogen and oxygen atoms in total. The topological polar surface area (TPSA) is 30.5 Å². The first-order chi connectivity index (χ1) is 9.40. The van der Waals surface area contributed by atoms with Gasteiger partial charge in [0.2, 0.25) is 0 Å². The molecule has 0 amide bonds. The standard InChI is InChI=1S/C16H25NO2/c1-2-3-10-19-16-9-5-4-7-14(16)12-17-13-15-8-6-11-18-15/h4-5,7,9,15,17H,2-3,6,8,10-13H2,1H3/t15-/m0/s1. The Kier molecular flexibility index (Phi) is 6.18. The highest BCUT2D eigenvalue weighted by Gasteiger charge is 2.14. The lowest BCUT2D eigenvalue weighted by Crippen LogP contribution is -2.26. The summed E-state index contributed by atoms with van der Waals surface area (Å²) in [4.78, 5) is 0. The molecule has 1 aromatic rings. The summed E-state index contributed by atoms with van der Waals surface area (Å²) in [6.07, 6.45) is 5.05. The Morgan fingerprint density at radius 2 is 2.26 bits per heavy atom. The fraction of sp³-hybridized carbons (Fsp3) is 0.625. The van der Waals surface area contributed by atoms with Crippen LogP contribution in [0.1, 0.15) is 38.2 Å². The Hall–Kier alpha value is -1.06. The van der Waals surface area contributed by atoms with Gasteiger partial charge in [-0.1, -0.05) is 31.5 Å². The maximum absolute atomic E-state index is 5.83. The maximum Gasteiger partial charge on any atom is 0.123 e. The van der Waals surface area contributed by atoms with Gasteiger partial charge in [-0.2, -0.15) is 0 Å². The zero-order valence-electron chi connectivity index (χ0n) is 11.9. The van der Waals surface area contributed by atoms with Crippen molar-refractivity contribution in [2.75, 3.05) is 19.8 Å². The van der Waals surface area contributed by atoms with Crippen molar-refractivity contribution in [3.8, 4) is 5.75 Å². The number of nitrogens with one attached hydrogen (secondary N) is 1. The van der Waals surface area contributed by atoms with E-state index in [1.807, 2.05) is 6.07 Å². The highest BCUT2D eigenvalue weighted by Crippen LogP contribution is 2.18. The van der Waals surface area contributed by atoms with Crippen LogP contribution in [0.3, 0.4) is 0 Å². The fourth-order valence-corrected chi connectivity index (χ4v) is 2.29. The Morgan fingerprint density at radius 3 is 3.05 bits per heavy atom. The van der Waals surface area contributed by atoms with Gasteiger partial charge in [0.05, 0.1) is 12.7 Å². The summed E-state index contributed by atoms with van der Waals surface area (Å²) in [5.41, 5.74) is 1.23. The first-order valence-corrected chi connectivity index (χ1v) is 7.43.